The minimum absolute atomic E-state index is 0.249. The molecule has 5 nitrogen and oxygen atoms in total. The van der Waals surface area contributed by atoms with Crippen molar-refractivity contribution in [2.45, 2.75) is 32.9 Å². The number of hydrogen-bond acceptors (Lipinski definition) is 5. The molecule has 0 spiro atoms. The number of anilines is 2. The molecule has 0 amide bonds. The van der Waals surface area contributed by atoms with Gasteiger partial charge in [0.25, 0.3) is 0 Å². The van der Waals surface area contributed by atoms with Crippen LogP contribution >= 0.6 is 0 Å². The molecule has 1 aromatic rings. The molecule has 0 saturated carbocycles. The maximum absolute atomic E-state index is 5.64. The number of aromatic nitrogens is 2. The number of nitrogens with one attached hydrogen (secondary N) is 1. The molecular weight excluding hydrogens is 216 g/mol. The van der Waals surface area contributed by atoms with Gasteiger partial charge in [0.05, 0.1) is 18.8 Å². The average Bonchev–Trinajstić information content (AvgIpc) is 2.33. The molecule has 0 radical (unpaired) electrons. The van der Waals surface area contributed by atoms with E-state index in [0.29, 0.717) is 12.0 Å². The highest BCUT2D eigenvalue weighted by atomic mass is 16.5. The summed E-state index contributed by atoms with van der Waals surface area (Å²) in [5, 5.41) is 2.98. The predicted molar refractivity (Wildman–Crippen MR) is 68.5 cm³/mol. The van der Waals surface area contributed by atoms with Crippen LogP contribution < -0.4 is 10.2 Å². The molecule has 2 rings (SSSR count). The second-order valence-electron chi connectivity index (χ2n) is 4.60. The lowest BCUT2D eigenvalue weighted by molar-refractivity contribution is 0.0340. The first-order chi connectivity index (χ1) is 8.11. The first kappa shape index (κ1) is 12.1. The number of rotatable bonds is 2. The minimum atomic E-state index is 0.249. The Labute approximate surface area is 102 Å². The molecule has 0 aromatic carbocycles. The van der Waals surface area contributed by atoms with Gasteiger partial charge >= 0.3 is 0 Å². The molecular formula is C12H20N4O. The molecule has 1 fully saturated rings. The zero-order valence-electron chi connectivity index (χ0n) is 10.9. The van der Waals surface area contributed by atoms with Crippen LogP contribution in [0.4, 0.5) is 11.8 Å². The van der Waals surface area contributed by atoms with E-state index < -0.39 is 0 Å². The fraction of sp³-hybridized carbons (Fsp3) is 0.667. The molecule has 1 aromatic heterocycles. The Kier molecular flexibility index (Phi) is 3.47. The highest BCUT2D eigenvalue weighted by Crippen LogP contribution is 2.23. The Morgan fingerprint density at radius 2 is 2.24 bits per heavy atom. The van der Waals surface area contributed by atoms with E-state index in [9.17, 15) is 0 Å². The van der Waals surface area contributed by atoms with Gasteiger partial charge < -0.3 is 15.0 Å². The van der Waals surface area contributed by atoms with Crippen LogP contribution in [0.3, 0.4) is 0 Å². The first-order valence-electron chi connectivity index (χ1n) is 6.01. The molecule has 2 heterocycles. The lowest BCUT2D eigenvalue weighted by Crippen LogP contribution is -2.48. The molecule has 5 heteroatoms. The number of aryl methyl sites for hydroxylation is 1. The van der Waals surface area contributed by atoms with Crippen molar-refractivity contribution in [3.05, 3.63) is 11.8 Å². The van der Waals surface area contributed by atoms with E-state index in [1.165, 1.54) is 0 Å². The van der Waals surface area contributed by atoms with E-state index in [1.54, 1.807) is 0 Å². The van der Waals surface area contributed by atoms with Crippen molar-refractivity contribution in [1.29, 1.82) is 0 Å². The second-order valence-corrected chi connectivity index (χ2v) is 4.60. The summed E-state index contributed by atoms with van der Waals surface area (Å²) in [6.45, 7) is 7.92. The van der Waals surface area contributed by atoms with E-state index in [2.05, 4.69) is 34.0 Å². The third-order valence-corrected chi connectivity index (χ3v) is 3.05. The molecule has 1 N–H and O–H groups in total. The monoisotopic (exact) mass is 236 g/mol. The Morgan fingerprint density at radius 3 is 2.94 bits per heavy atom. The van der Waals surface area contributed by atoms with E-state index in [0.717, 1.165) is 24.5 Å². The van der Waals surface area contributed by atoms with Gasteiger partial charge in [-0.05, 0) is 20.8 Å². The summed E-state index contributed by atoms with van der Waals surface area (Å²) in [4.78, 5) is 11.1. The Balaban J connectivity index is 2.30. The summed E-state index contributed by atoms with van der Waals surface area (Å²) in [6.07, 6.45) is 2.11. The van der Waals surface area contributed by atoms with E-state index in [4.69, 9.17) is 4.74 Å². The maximum atomic E-state index is 5.64. The van der Waals surface area contributed by atoms with E-state index in [1.807, 2.05) is 20.2 Å². The SMILES string of the molecule is CNc1ncc(C)c(N2CC(C)OCC2C)n1. The van der Waals surface area contributed by atoms with Crippen LogP contribution in [0.1, 0.15) is 19.4 Å². The molecule has 1 saturated heterocycles. The topological polar surface area (TPSA) is 50.3 Å². The lowest BCUT2D eigenvalue weighted by Gasteiger charge is -2.38. The normalized spacial score (nSPS) is 24.8. The Morgan fingerprint density at radius 1 is 1.47 bits per heavy atom. The van der Waals surface area contributed by atoms with Gasteiger partial charge in [0.15, 0.2) is 0 Å². The molecule has 0 bridgehead atoms. The minimum Gasteiger partial charge on any atom is -0.375 e. The van der Waals surface area contributed by atoms with E-state index in [-0.39, 0.29) is 6.10 Å². The number of hydrogen-bond donors (Lipinski definition) is 1. The lowest BCUT2D eigenvalue weighted by atomic mass is 10.2. The fourth-order valence-electron chi connectivity index (χ4n) is 2.04. The quantitative estimate of drug-likeness (QED) is 0.842. The second kappa shape index (κ2) is 4.87. The summed E-state index contributed by atoms with van der Waals surface area (Å²) < 4.78 is 5.64. The summed E-state index contributed by atoms with van der Waals surface area (Å²) in [5.41, 5.74) is 1.10. The molecule has 94 valence electrons. The molecule has 2 atom stereocenters. The van der Waals surface area contributed by atoms with Crippen LogP contribution in [0, 0.1) is 6.92 Å². The average molecular weight is 236 g/mol. The van der Waals surface area contributed by atoms with Gasteiger partial charge in [0, 0.05) is 25.4 Å². The van der Waals surface area contributed by atoms with Gasteiger partial charge in [-0.2, -0.15) is 4.98 Å². The van der Waals surface area contributed by atoms with Gasteiger partial charge in [-0.15, -0.1) is 0 Å². The van der Waals surface area contributed by atoms with Gasteiger partial charge in [0.2, 0.25) is 5.95 Å². The molecule has 2 unspecified atom stereocenters. The molecule has 1 aliphatic rings. The zero-order valence-corrected chi connectivity index (χ0v) is 10.9. The highest BCUT2D eigenvalue weighted by Gasteiger charge is 2.25. The highest BCUT2D eigenvalue weighted by molar-refractivity contribution is 5.50. The Hall–Kier alpha value is -1.36. The van der Waals surface area contributed by atoms with Crippen molar-refractivity contribution >= 4 is 11.8 Å². The molecule has 0 aliphatic carbocycles. The first-order valence-corrected chi connectivity index (χ1v) is 6.01. The van der Waals surface area contributed by atoms with Crippen LogP contribution in [0.25, 0.3) is 0 Å². The third kappa shape index (κ3) is 2.49. The third-order valence-electron chi connectivity index (χ3n) is 3.05. The fourth-order valence-corrected chi connectivity index (χ4v) is 2.04. The molecule has 17 heavy (non-hydrogen) atoms. The largest absolute Gasteiger partial charge is 0.375 e. The standard InChI is InChI=1S/C12H20N4O/c1-8-5-14-12(13-4)15-11(8)16-6-10(3)17-7-9(16)2/h5,9-10H,6-7H2,1-4H3,(H,13,14,15). The Bertz CT molecular complexity index is 396. The smallest absolute Gasteiger partial charge is 0.224 e. The van der Waals surface area contributed by atoms with Crippen molar-refractivity contribution < 1.29 is 4.74 Å². The predicted octanol–water partition coefficient (Wildman–Crippen LogP) is 1.44. The van der Waals surface area contributed by atoms with Crippen LogP contribution in [0.2, 0.25) is 0 Å². The number of ether oxygens (including phenoxy) is 1. The van der Waals surface area contributed by atoms with Crippen LogP contribution in [0.5, 0.6) is 0 Å². The number of nitrogens with zero attached hydrogens (tertiary/aromatic N) is 3. The maximum Gasteiger partial charge on any atom is 0.224 e. The summed E-state index contributed by atoms with van der Waals surface area (Å²) in [6, 6.07) is 0.351. The number of morpholine rings is 1. The van der Waals surface area contributed by atoms with Crippen molar-refractivity contribution in [3.63, 3.8) is 0 Å². The summed E-state index contributed by atoms with van der Waals surface area (Å²) in [7, 11) is 1.83. The summed E-state index contributed by atoms with van der Waals surface area (Å²) in [5.74, 6) is 1.67. The van der Waals surface area contributed by atoms with Crippen LogP contribution in [-0.2, 0) is 4.74 Å². The van der Waals surface area contributed by atoms with Gasteiger partial charge in [-0.1, -0.05) is 0 Å². The van der Waals surface area contributed by atoms with Gasteiger partial charge in [0.1, 0.15) is 5.82 Å². The van der Waals surface area contributed by atoms with Gasteiger partial charge in [-0.3, -0.25) is 0 Å². The van der Waals surface area contributed by atoms with Crippen molar-refractivity contribution in [3.8, 4) is 0 Å². The van der Waals surface area contributed by atoms with Crippen molar-refractivity contribution in [1.82, 2.24) is 9.97 Å². The van der Waals surface area contributed by atoms with Crippen molar-refractivity contribution in [2.24, 2.45) is 0 Å². The van der Waals surface area contributed by atoms with Gasteiger partial charge in [-0.25, -0.2) is 4.98 Å². The molecule has 1 aliphatic heterocycles. The zero-order chi connectivity index (χ0) is 12.4. The summed E-state index contributed by atoms with van der Waals surface area (Å²) >= 11 is 0. The van der Waals surface area contributed by atoms with Crippen LogP contribution in [0.15, 0.2) is 6.20 Å². The van der Waals surface area contributed by atoms with Crippen LogP contribution in [-0.4, -0.2) is 42.3 Å². The van der Waals surface area contributed by atoms with Crippen molar-refractivity contribution in [2.75, 3.05) is 30.4 Å². The van der Waals surface area contributed by atoms with E-state index >= 15 is 0 Å².